The fourth-order valence-electron chi connectivity index (χ4n) is 3.79. The Labute approximate surface area is 189 Å². The Balaban J connectivity index is 1.91. The molecule has 0 saturated carbocycles. The molecule has 7 nitrogen and oxygen atoms in total. The average Bonchev–Trinajstić information content (AvgIpc) is 2.74. The Kier molecular flexibility index (Phi) is 8.25. The van der Waals surface area contributed by atoms with Crippen LogP contribution in [0.5, 0.6) is 5.75 Å². The first kappa shape index (κ1) is 23.8. The number of aliphatic carboxylic acids is 1. The van der Waals surface area contributed by atoms with Crippen LogP contribution in [0.3, 0.4) is 0 Å². The van der Waals surface area contributed by atoms with Gasteiger partial charge in [0.2, 0.25) is 0 Å². The zero-order chi connectivity index (χ0) is 23.1. The molecule has 2 aromatic carbocycles. The first-order chi connectivity index (χ1) is 15.3. The van der Waals surface area contributed by atoms with E-state index >= 15 is 0 Å². The number of likely N-dealkylation sites (N-methyl/N-ethyl adjacent to an activating group) is 1. The fraction of sp³-hybridized carbons (Fsp3) is 0.440. The van der Waals surface area contributed by atoms with Crippen LogP contribution in [0.4, 0.5) is 0 Å². The lowest BCUT2D eigenvalue weighted by molar-refractivity contribution is -0.137. The van der Waals surface area contributed by atoms with E-state index in [1.807, 2.05) is 0 Å². The number of carbonyl (C=O) groups is 2. The molecular weight excluding hydrogens is 408 g/mol. The number of fused-ring (bicyclic) bond motifs is 3. The molecule has 3 rings (SSSR count). The Morgan fingerprint density at radius 3 is 2.62 bits per heavy atom. The van der Waals surface area contributed by atoms with Gasteiger partial charge >= 0.3 is 5.97 Å². The van der Waals surface area contributed by atoms with Crippen molar-refractivity contribution in [2.75, 3.05) is 40.0 Å². The molecular formula is C25H32N2O5. The number of amides is 1. The second kappa shape index (κ2) is 11.1. The summed E-state index contributed by atoms with van der Waals surface area (Å²) in [6.45, 7) is 7.26. The van der Waals surface area contributed by atoms with Gasteiger partial charge in [-0.2, -0.15) is 0 Å². The topological polar surface area (TPSA) is 79.3 Å². The molecule has 0 fully saturated rings. The average molecular weight is 441 g/mol. The molecule has 0 spiro atoms. The Morgan fingerprint density at radius 2 is 1.88 bits per heavy atom. The van der Waals surface area contributed by atoms with Gasteiger partial charge in [-0.05, 0) is 48.7 Å². The summed E-state index contributed by atoms with van der Waals surface area (Å²) >= 11 is 0. The molecule has 0 saturated heterocycles. The summed E-state index contributed by atoms with van der Waals surface area (Å²) in [6.07, 6.45) is 0.607. The summed E-state index contributed by atoms with van der Waals surface area (Å²) in [5, 5.41) is 8.99. The van der Waals surface area contributed by atoms with Crippen molar-refractivity contribution in [3.05, 3.63) is 64.7 Å². The predicted molar refractivity (Wildman–Crippen MR) is 122 cm³/mol. The van der Waals surface area contributed by atoms with Gasteiger partial charge in [-0.25, -0.2) is 0 Å². The van der Waals surface area contributed by atoms with E-state index in [9.17, 15) is 9.59 Å². The Hall–Kier alpha value is -2.90. The van der Waals surface area contributed by atoms with Crippen LogP contribution in [-0.2, 0) is 22.5 Å². The van der Waals surface area contributed by atoms with Crippen LogP contribution in [0.2, 0.25) is 0 Å². The lowest BCUT2D eigenvalue weighted by Gasteiger charge is -2.27. The van der Waals surface area contributed by atoms with Gasteiger partial charge in [-0.3, -0.25) is 14.5 Å². The summed E-state index contributed by atoms with van der Waals surface area (Å²) in [5.41, 5.74) is 3.68. The van der Waals surface area contributed by atoms with Crippen LogP contribution in [-0.4, -0.2) is 72.8 Å². The van der Waals surface area contributed by atoms with Crippen molar-refractivity contribution in [3.8, 4) is 5.75 Å². The van der Waals surface area contributed by atoms with Gasteiger partial charge in [0.25, 0.3) is 5.91 Å². The minimum absolute atomic E-state index is 0.334. The van der Waals surface area contributed by atoms with Crippen molar-refractivity contribution < 1.29 is 24.2 Å². The maximum absolute atomic E-state index is 12.7. The monoisotopic (exact) mass is 440 g/mol. The zero-order valence-corrected chi connectivity index (χ0v) is 19.0. The summed E-state index contributed by atoms with van der Waals surface area (Å²) in [6, 6.07) is 14.1. The molecule has 2 bridgehead atoms. The molecule has 0 aromatic heterocycles. The Bertz CT molecular complexity index is 944. The molecule has 7 heteroatoms. The van der Waals surface area contributed by atoms with Crippen LogP contribution in [0.15, 0.2) is 42.5 Å². The second-order valence-corrected chi connectivity index (χ2v) is 8.40. The van der Waals surface area contributed by atoms with Gasteiger partial charge in [0.1, 0.15) is 18.9 Å². The summed E-state index contributed by atoms with van der Waals surface area (Å²) in [4.78, 5) is 27.3. The smallest absolute Gasteiger partial charge is 0.323 e. The van der Waals surface area contributed by atoms with E-state index in [4.69, 9.17) is 14.6 Å². The van der Waals surface area contributed by atoms with Crippen molar-refractivity contribution in [1.82, 2.24) is 9.80 Å². The minimum atomic E-state index is -1.05. The van der Waals surface area contributed by atoms with E-state index in [2.05, 4.69) is 43.0 Å². The van der Waals surface area contributed by atoms with Gasteiger partial charge in [0, 0.05) is 38.2 Å². The van der Waals surface area contributed by atoms with Crippen molar-refractivity contribution in [2.45, 2.75) is 32.9 Å². The highest BCUT2D eigenvalue weighted by Gasteiger charge is 2.17. The molecule has 172 valence electrons. The van der Waals surface area contributed by atoms with E-state index in [1.165, 1.54) is 17.5 Å². The van der Waals surface area contributed by atoms with E-state index in [0.717, 1.165) is 24.2 Å². The number of rotatable bonds is 4. The number of carboxylic acids is 1. The maximum Gasteiger partial charge on any atom is 0.323 e. The van der Waals surface area contributed by atoms with Crippen LogP contribution in [0, 0.1) is 0 Å². The van der Waals surface area contributed by atoms with Gasteiger partial charge < -0.3 is 19.5 Å². The lowest BCUT2D eigenvalue weighted by atomic mass is 9.99. The van der Waals surface area contributed by atoms with Crippen LogP contribution in [0.1, 0.15) is 40.9 Å². The van der Waals surface area contributed by atoms with Crippen molar-refractivity contribution in [2.24, 2.45) is 0 Å². The molecule has 2 aromatic rings. The van der Waals surface area contributed by atoms with Crippen LogP contribution < -0.4 is 4.74 Å². The van der Waals surface area contributed by atoms with Crippen molar-refractivity contribution >= 4 is 11.9 Å². The largest absolute Gasteiger partial charge is 0.491 e. The maximum atomic E-state index is 12.7. The molecule has 32 heavy (non-hydrogen) atoms. The van der Waals surface area contributed by atoms with E-state index in [0.29, 0.717) is 43.6 Å². The van der Waals surface area contributed by atoms with Gasteiger partial charge in [0.15, 0.2) is 0 Å². The highest BCUT2D eigenvalue weighted by Crippen LogP contribution is 2.25. The third kappa shape index (κ3) is 6.55. The molecule has 1 N–H and O–H groups in total. The molecule has 0 radical (unpaired) electrons. The number of ether oxygens (including phenoxy) is 2. The van der Waals surface area contributed by atoms with E-state index in [-0.39, 0.29) is 12.5 Å². The van der Waals surface area contributed by atoms with Crippen LogP contribution >= 0.6 is 0 Å². The first-order valence-corrected chi connectivity index (χ1v) is 11.0. The highest BCUT2D eigenvalue weighted by atomic mass is 16.5. The molecule has 1 amide bonds. The number of hydrogen-bond donors (Lipinski definition) is 1. The third-order valence-electron chi connectivity index (χ3n) is 5.54. The number of carbonyl (C=O) groups excluding carboxylic acids is 1. The Morgan fingerprint density at radius 1 is 1.09 bits per heavy atom. The van der Waals surface area contributed by atoms with Gasteiger partial charge in [0.05, 0.1) is 13.2 Å². The van der Waals surface area contributed by atoms with Crippen molar-refractivity contribution in [1.29, 1.82) is 0 Å². The standard InChI is InChI=1S/C25H32N2O5/c1-18(2)27-9-10-31-11-12-32-23-8-7-21(25(30)26(3)17-24(28)29)15-22(23)14-19-5-4-6-20(13-19)16-27/h4-8,13,15,18H,9-12,14,16-17H2,1-3H3,(H,28,29). The molecule has 1 heterocycles. The number of hydrogen-bond acceptors (Lipinski definition) is 5. The lowest BCUT2D eigenvalue weighted by Crippen LogP contribution is -2.33. The zero-order valence-electron chi connectivity index (χ0n) is 19.0. The third-order valence-corrected chi connectivity index (χ3v) is 5.54. The van der Waals surface area contributed by atoms with E-state index in [1.54, 1.807) is 18.2 Å². The SMILES string of the molecule is CC(C)N1CCOCCOc2ccc(C(=O)N(C)CC(=O)O)cc2Cc2cccc(c2)C1. The minimum Gasteiger partial charge on any atom is -0.491 e. The molecule has 0 aliphatic carbocycles. The molecule has 0 atom stereocenters. The van der Waals surface area contributed by atoms with Gasteiger partial charge in [-0.1, -0.05) is 24.3 Å². The summed E-state index contributed by atoms with van der Waals surface area (Å²) in [5.74, 6) is -0.675. The predicted octanol–water partition coefficient (Wildman–Crippen LogP) is 3.05. The molecule has 0 unspecified atom stereocenters. The molecule has 1 aliphatic rings. The fourth-order valence-corrected chi connectivity index (χ4v) is 3.79. The summed E-state index contributed by atoms with van der Waals surface area (Å²) < 4.78 is 11.8. The number of carboxylic acid groups (broad SMARTS) is 1. The first-order valence-electron chi connectivity index (χ1n) is 11.0. The quantitative estimate of drug-likeness (QED) is 0.787. The van der Waals surface area contributed by atoms with Crippen LogP contribution in [0.25, 0.3) is 0 Å². The summed E-state index contributed by atoms with van der Waals surface area (Å²) in [7, 11) is 1.49. The highest BCUT2D eigenvalue weighted by molar-refractivity contribution is 5.96. The van der Waals surface area contributed by atoms with E-state index < -0.39 is 5.97 Å². The van der Waals surface area contributed by atoms with Gasteiger partial charge in [-0.15, -0.1) is 0 Å². The molecule has 1 aliphatic heterocycles. The normalized spacial score (nSPS) is 15.4. The second-order valence-electron chi connectivity index (χ2n) is 8.40. The number of nitrogens with zero attached hydrogens (tertiary/aromatic N) is 2. The van der Waals surface area contributed by atoms with Crippen molar-refractivity contribution in [3.63, 3.8) is 0 Å². The number of benzene rings is 2.